The number of ether oxygens (including phenoxy) is 1. The minimum absolute atomic E-state index is 0.160. The Labute approximate surface area is 82.3 Å². The molecule has 1 aliphatic heterocycles. The zero-order chi connectivity index (χ0) is 10.3. The van der Waals surface area contributed by atoms with E-state index in [4.69, 9.17) is 9.84 Å². The van der Waals surface area contributed by atoms with E-state index in [9.17, 15) is 4.79 Å². The minimum Gasteiger partial charge on any atom is -0.490 e. The SMILES string of the molecule is Cc1c(C(=O)O)ccc2c1OC(C)C2. The largest absolute Gasteiger partial charge is 0.490 e. The van der Waals surface area contributed by atoms with Gasteiger partial charge in [-0.3, -0.25) is 0 Å². The molecule has 1 heterocycles. The summed E-state index contributed by atoms with van der Waals surface area (Å²) in [7, 11) is 0. The van der Waals surface area contributed by atoms with Crippen molar-refractivity contribution in [2.24, 2.45) is 0 Å². The Morgan fingerprint density at radius 2 is 2.29 bits per heavy atom. The monoisotopic (exact) mass is 192 g/mol. The Morgan fingerprint density at radius 1 is 1.57 bits per heavy atom. The number of aromatic carboxylic acids is 1. The molecule has 74 valence electrons. The Morgan fingerprint density at radius 3 is 2.93 bits per heavy atom. The summed E-state index contributed by atoms with van der Waals surface area (Å²) in [6.45, 7) is 3.78. The minimum atomic E-state index is -0.895. The van der Waals surface area contributed by atoms with E-state index in [1.54, 1.807) is 13.0 Å². The second-order valence-corrected chi connectivity index (χ2v) is 3.66. The molecule has 0 bridgehead atoms. The van der Waals surface area contributed by atoms with Gasteiger partial charge in [-0.1, -0.05) is 6.07 Å². The standard InChI is InChI=1S/C11H12O3/c1-6-5-8-3-4-9(11(12)13)7(2)10(8)14-6/h3-4,6H,5H2,1-2H3,(H,12,13). The number of rotatable bonds is 1. The van der Waals surface area contributed by atoms with Crippen LogP contribution in [0.3, 0.4) is 0 Å². The summed E-state index contributed by atoms with van der Waals surface area (Å²) < 4.78 is 5.57. The normalized spacial score (nSPS) is 18.9. The Balaban J connectivity index is 2.53. The van der Waals surface area contributed by atoms with E-state index in [1.165, 1.54) is 0 Å². The molecule has 0 saturated carbocycles. The molecule has 3 nitrogen and oxygen atoms in total. The summed E-state index contributed by atoms with van der Waals surface area (Å²) in [5.41, 5.74) is 2.18. The van der Waals surface area contributed by atoms with Crippen LogP contribution in [0.2, 0.25) is 0 Å². The van der Waals surface area contributed by atoms with Gasteiger partial charge in [-0.2, -0.15) is 0 Å². The maximum absolute atomic E-state index is 10.8. The topological polar surface area (TPSA) is 46.5 Å². The van der Waals surface area contributed by atoms with E-state index in [0.717, 1.165) is 23.3 Å². The molecule has 3 heteroatoms. The van der Waals surface area contributed by atoms with E-state index in [2.05, 4.69) is 0 Å². The highest BCUT2D eigenvalue weighted by molar-refractivity contribution is 5.90. The summed E-state index contributed by atoms with van der Waals surface area (Å²) in [4.78, 5) is 10.8. The number of carboxylic acid groups (broad SMARTS) is 1. The molecule has 0 spiro atoms. The lowest BCUT2D eigenvalue weighted by molar-refractivity contribution is 0.0695. The predicted molar refractivity (Wildman–Crippen MR) is 51.9 cm³/mol. The summed E-state index contributed by atoms with van der Waals surface area (Å²) in [6, 6.07) is 3.49. The van der Waals surface area contributed by atoms with Crippen molar-refractivity contribution in [2.75, 3.05) is 0 Å². The van der Waals surface area contributed by atoms with Crippen molar-refractivity contribution in [3.8, 4) is 5.75 Å². The third-order valence-corrected chi connectivity index (χ3v) is 2.54. The van der Waals surface area contributed by atoms with Crippen LogP contribution in [0.4, 0.5) is 0 Å². The highest BCUT2D eigenvalue weighted by Crippen LogP contribution is 2.33. The van der Waals surface area contributed by atoms with Crippen LogP contribution >= 0.6 is 0 Å². The first-order chi connectivity index (χ1) is 6.59. The Bertz CT molecular complexity index is 396. The van der Waals surface area contributed by atoms with Crippen molar-refractivity contribution >= 4 is 5.97 Å². The van der Waals surface area contributed by atoms with Gasteiger partial charge >= 0.3 is 5.97 Å². The average molecular weight is 192 g/mol. The number of fused-ring (bicyclic) bond motifs is 1. The third kappa shape index (κ3) is 1.25. The number of carbonyl (C=O) groups is 1. The lowest BCUT2D eigenvalue weighted by atomic mass is 10.0. The van der Waals surface area contributed by atoms with Gasteiger partial charge in [0.05, 0.1) is 5.56 Å². The van der Waals surface area contributed by atoms with Crippen LogP contribution in [0.1, 0.15) is 28.4 Å². The molecule has 1 aromatic carbocycles. The fourth-order valence-corrected chi connectivity index (χ4v) is 1.86. The van der Waals surface area contributed by atoms with Crippen LogP contribution in [0.5, 0.6) is 5.75 Å². The maximum atomic E-state index is 10.8. The van der Waals surface area contributed by atoms with Gasteiger partial charge in [0.25, 0.3) is 0 Å². The fourth-order valence-electron chi connectivity index (χ4n) is 1.86. The van der Waals surface area contributed by atoms with E-state index in [-0.39, 0.29) is 6.10 Å². The van der Waals surface area contributed by atoms with E-state index in [0.29, 0.717) is 5.56 Å². The van der Waals surface area contributed by atoms with Gasteiger partial charge in [-0.25, -0.2) is 4.79 Å². The molecular weight excluding hydrogens is 180 g/mol. The van der Waals surface area contributed by atoms with Crippen LogP contribution in [-0.2, 0) is 6.42 Å². The molecule has 1 aromatic rings. The maximum Gasteiger partial charge on any atom is 0.336 e. The van der Waals surface area contributed by atoms with Gasteiger partial charge in [-0.05, 0) is 25.5 Å². The van der Waals surface area contributed by atoms with Crippen molar-refractivity contribution in [1.29, 1.82) is 0 Å². The summed E-state index contributed by atoms with van der Waals surface area (Å²) in [5.74, 6) is -0.133. The molecule has 0 aliphatic carbocycles. The second kappa shape index (κ2) is 3.01. The van der Waals surface area contributed by atoms with Crippen LogP contribution in [0.25, 0.3) is 0 Å². The lowest BCUT2D eigenvalue weighted by Gasteiger charge is -2.07. The predicted octanol–water partition coefficient (Wildman–Crippen LogP) is 2.02. The number of carboxylic acids is 1. The summed E-state index contributed by atoms with van der Waals surface area (Å²) in [6.07, 6.45) is 1.03. The molecule has 0 fully saturated rings. The first kappa shape index (κ1) is 9.06. The zero-order valence-electron chi connectivity index (χ0n) is 8.20. The van der Waals surface area contributed by atoms with Gasteiger partial charge in [0.2, 0.25) is 0 Å². The molecule has 1 N–H and O–H groups in total. The molecule has 0 saturated heterocycles. The molecule has 0 radical (unpaired) electrons. The summed E-state index contributed by atoms with van der Waals surface area (Å²) in [5, 5.41) is 8.91. The van der Waals surface area contributed by atoms with Gasteiger partial charge in [0.1, 0.15) is 11.9 Å². The Hall–Kier alpha value is -1.51. The molecule has 1 unspecified atom stereocenters. The fraction of sp³-hybridized carbons (Fsp3) is 0.364. The molecular formula is C11H12O3. The molecule has 1 aliphatic rings. The lowest BCUT2D eigenvalue weighted by Crippen LogP contribution is -2.06. The Kier molecular flexibility index (Phi) is 1.95. The van der Waals surface area contributed by atoms with Crippen molar-refractivity contribution < 1.29 is 14.6 Å². The first-order valence-electron chi connectivity index (χ1n) is 4.62. The van der Waals surface area contributed by atoms with Gasteiger partial charge in [0, 0.05) is 12.0 Å². The highest BCUT2D eigenvalue weighted by atomic mass is 16.5. The summed E-state index contributed by atoms with van der Waals surface area (Å²) >= 11 is 0. The van der Waals surface area contributed by atoms with Crippen LogP contribution < -0.4 is 4.74 Å². The second-order valence-electron chi connectivity index (χ2n) is 3.66. The first-order valence-corrected chi connectivity index (χ1v) is 4.62. The van der Waals surface area contributed by atoms with Crippen molar-refractivity contribution in [1.82, 2.24) is 0 Å². The van der Waals surface area contributed by atoms with Crippen LogP contribution in [-0.4, -0.2) is 17.2 Å². The van der Waals surface area contributed by atoms with Gasteiger partial charge in [0.15, 0.2) is 0 Å². The number of hydrogen-bond acceptors (Lipinski definition) is 2. The molecule has 1 atom stereocenters. The van der Waals surface area contributed by atoms with Crippen molar-refractivity contribution in [3.05, 3.63) is 28.8 Å². The average Bonchev–Trinajstić information content (AvgIpc) is 2.46. The molecule has 14 heavy (non-hydrogen) atoms. The van der Waals surface area contributed by atoms with Gasteiger partial charge in [-0.15, -0.1) is 0 Å². The third-order valence-electron chi connectivity index (χ3n) is 2.54. The molecule has 2 rings (SSSR count). The van der Waals surface area contributed by atoms with E-state index < -0.39 is 5.97 Å². The number of benzene rings is 1. The van der Waals surface area contributed by atoms with E-state index in [1.807, 2.05) is 13.0 Å². The van der Waals surface area contributed by atoms with Crippen LogP contribution in [0, 0.1) is 6.92 Å². The zero-order valence-corrected chi connectivity index (χ0v) is 8.20. The molecule has 0 amide bonds. The number of hydrogen-bond donors (Lipinski definition) is 1. The van der Waals surface area contributed by atoms with E-state index >= 15 is 0 Å². The highest BCUT2D eigenvalue weighted by Gasteiger charge is 2.23. The van der Waals surface area contributed by atoms with Crippen molar-refractivity contribution in [2.45, 2.75) is 26.4 Å². The molecule has 0 aromatic heterocycles. The van der Waals surface area contributed by atoms with Crippen LogP contribution in [0.15, 0.2) is 12.1 Å². The smallest absolute Gasteiger partial charge is 0.336 e. The quantitative estimate of drug-likeness (QED) is 0.740. The van der Waals surface area contributed by atoms with Gasteiger partial charge < -0.3 is 9.84 Å². The van der Waals surface area contributed by atoms with Crippen molar-refractivity contribution in [3.63, 3.8) is 0 Å².